The largest absolute Gasteiger partial charge is 0.504 e. The van der Waals surface area contributed by atoms with Gasteiger partial charge in [-0.15, -0.1) is 0 Å². The highest BCUT2D eigenvalue weighted by Gasteiger charge is 2.69. The number of imide groups is 2. The first-order valence-corrected chi connectivity index (χ1v) is 18.0. The van der Waals surface area contributed by atoms with E-state index in [1.807, 2.05) is 48.6 Å². The molecule has 3 fully saturated rings. The minimum Gasteiger partial charge on any atom is -0.504 e. The number of ether oxygens (including phenoxy) is 1. The summed E-state index contributed by atoms with van der Waals surface area (Å²) >= 11 is 6.38. The number of phenols is 1. The molecule has 4 amide bonds. The zero-order valence-corrected chi connectivity index (χ0v) is 29.4. The SMILES string of the molecule is COc1cc(C=CC2C3=CCC4C(=O)N(CCCCCC(=O)O)C(=O)C4C3CC3C(=O)N(c4cccc(Cl)c4)C(=O)C23c2ccccc2)ccc1O. The van der Waals surface area contributed by atoms with Gasteiger partial charge in [-0.3, -0.25) is 28.9 Å². The Morgan fingerprint density at radius 1 is 0.942 bits per heavy atom. The van der Waals surface area contributed by atoms with E-state index < -0.39 is 52.8 Å². The van der Waals surface area contributed by atoms with Crippen LogP contribution in [-0.2, 0) is 29.4 Å². The molecule has 0 spiro atoms. The third-order valence-electron chi connectivity index (χ3n) is 11.3. The van der Waals surface area contributed by atoms with E-state index in [4.69, 9.17) is 21.4 Å². The maximum atomic E-state index is 15.2. The van der Waals surface area contributed by atoms with Crippen molar-refractivity contribution in [3.05, 3.63) is 107 Å². The summed E-state index contributed by atoms with van der Waals surface area (Å²) in [5, 5.41) is 19.6. The molecule has 3 aromatic rings. The second-order valence-corrected chi connectivity index (χ2v) is 14.4. The van der Waals surface area contributed by atoms with Crippen LogP contribution in [0.25, 0.3) is 6.08 Å². The molecule has 10 nitrogen and oxygen atoms in total. The highest BCUT2D eigenvalue weighted by molar-refractivity contribution is 6.32. The molecule has 2 heterocycles. The number of halogens is 1. The number of benzene rings is 3. The second kappa shape index (κ2) is 14.1. The zero-order chi connectivity index (χ0) is 36.7. The number of carbonyl (C=O) groups excluding carboxylic acids is 4. The van der Waals surface area contributed by atoms with Gasteiger partial charge in [0.2, 0.25) is 23.6 Å². The van der Waals surface area contributed by atoms with Crippen LogP contribution in [0.3, 0.4) is 0 Å². The fourth-order valence-electron chi connectivity index (χ4n) is 9.00. The Balaban J connectivity index is 1.34. The minimum absolute atomic E-state index is 0.0242. The van der Waals surface area contributed by atoms with Gasteiger partial charge in [-0.2, -0.15) is 0 Å². The number of fused-ring (bicyclic) bond motifs is 4. The van der Waals surface area contributed by atoms with E-state index in [1.54, 1.807) is 36.4 Å². The van der Waals surface area contributed by atoms with Crippen LogP contribution in [-0.4, -0.2) is 58.4 Å². The molecule has 6 unspecified atom stereocenters. The van der Waals surface area contributed by atoms with Gasteiger partial charge in [-0.05, 0) is 73.1 Å². The lowest BCUT2D eigenvalue weighted by Gasteiger charge is -2.49. The summed E-state index contributed by atoms with van der Waals surface area (Å²) in [5.41, 5.74) is 1.16. The first-order valence-electron chi connectivity index (χ1n) is 17.6. The zero-order valence-electron chi connectivity index (χ0n) is 28.6. The number of likely N-dealkylation sites (tertiary alicyclic amines) is 1. The summed E-state index contributed by atoms with van der Waals surface area (Å²) in [7, 11) is 1.46. The molecule has 7 rings (SSSR count). The van der Waals surface area contributed by atoms with Crippen molar-refractivity contribution >= 4 is 53.0 Å². The molecule has 4 aliphatic rings. The fraction of sp³-hybridized carbons (Fsp3) is 0.341. The van der Waals surface area contributed by atoms with E-state index in [1.165, 1.54) is 23.0 Å². The number of allylic oxidation sites excluding steroid dienone is 3. The van der Waals surface area contributed by atoms with Gasteiger partial charge < -0.3 is 14.9 Å². The number of hydrogen-bond donors (Lipinski definition) is 2. The molecule has 3 aromatic carbocycles. The number of aliphatic carboxylic acids is 1. The van der Waals surface area contributed by atoms with E-state index in [0.29, 0.717) is 47.5 Å². The average molecular weight is 723 g/mol. The van der Waals surface area contributed by atoms with Crippen LogP contribution in [0.2, 0.25) is 5.02 Å². The van der Waals surface area contributed by atoms with Crippen molar-refractivity contribution < 1.29 is 38.9 Å². The van der Waals surface area contributed by atoms with E-state index in [-0.39, 0.29) is 42.7 Å². The number of hydrogen-bond acceptors (Lipinski definition) is 7. The number of rotatable bonds is 11. The Bertz CT molecular complexity index is 2010. The second-order valence-electron chi connectivity index (χ2n) is 14.0. The number of carboxylic acid groups (broad SMARTS) is 1. The van der Waals surface area contributed by atoms with Crippen LogP contribution in [0.5, 0.6) is 11.5 Å². The van der Waals surface area contributed by atoms with E-state index in [0.717, 1.165) is 5.57 Å². The monoisotopic (exact) mass is 722 g/mol. The maximum Gasteiger partial charge on any atom is 0.303 e. The Morgan fingerprint density at radius 2 is 1.73 bits per heavy atom. The lowest BCUT2D eigenvalue weighted by molar-refractivity contribution is -0.141. The first-order chi connectivity index (χ1) is 25.1. The normalized spacial score (nSPS) is 26.7. The van der Waals surface area contributed by atoms with Crippen LogP contribution < -0.4 is 9.64 Å². The molecule has 0 radical (unpaired) electrons. The van der Waals surface area contributed by atoms with Gasteiger partial charge in [0.25, 0.3) is 0 Å². The molecule has 0 aromatic heterocycles. The number of amides is 4. The van der Waals surface area contributed by atoms with Crippen molar-refractivity contribution in [3.63, 3.8) is 0 Å². The van der Waals surface area contributed by atoms with E-state index in [9.17, 15) is 24.3 Å². The van der Waals surface area contributed by atoms with Crippen molar-refractivity contribution in [2.75, 3.05) is 18.6 Å². The number of methoxy groups -OCH3 is 1. The fourth-order valence-corrected chi connectivity index (χ4v) is 9.19. The lowest BCUT2D eigenvalue weighted by atomic mass is 9.50. The van der Waals surface area contributed by atoms with Gasteiger partial charge in [-0.25, -0.2) is 4.90 Å². The van der Waals surface area contributed by atoms with Gasteiger partial charge in [0.15, 0.2) is 11.5 Å². The van der Waals surface area contributed by atoms with Crippen LogP contribution in [0.1, 0.15) is 49.7 Å². The van der Waals surface area contributed by atoms with Gasteiger partial charge in [-0.1, -0.05) is 84.3 Å². The Kier molecular flexibility index (Phi) is 9.52. The standard InChI is InChI=1S/C41H39ClN2O8/c1-52-34-21-24(15-19-33(34)45)14-18-31-28-16-17-29-36(39(50)43(37(29)48)20-7-3-6-13-35(46)47)30(28)23-32-38(49)44(27-12-8-11-26(42)22-27)40(51)41(31,32)25-9-4-2-5-10-25/h2,4-5,8-12,14-16,18-19,21-22,29-32,36,45H,3,6-7,13,17,20,23H2,1H3,(H,46,47). The molecular formula is C41H39ClN2O8. The number of carboxylic acids is 1. The van der Waals surface area contributed by atoms with Crippen LogP contribution >= 0.6 is 11.6 Å². The molecule has 2 aliphatic heterocycles. The summed E-state index contributed by atoms with van der Waals surface area (Å²) < 4.78 is 5.35. The molecule has 0 bridgehead atoms. The predicted octanol–water partition coefficient (Wildman–Crippen LogP) is 6.41. The number of anilines is 1. The molecular weight excluding hydrogens is 684 g/mol. The summed E-state index contributed by atoms with van der Waals surface area (Å²) in [4.78, 5) is 71.5. The molecule has 2 N–H and O–H groups in total. The van der Waals surface area contributed by atoms with Crippen molar-refractivity contribution in [2.24, 2.45) is 29.6 Å². The van der Waals surface area contributed by atoms with Crippen molar-refractivity contribution in [3.8, 4) is 11.5 Å². The molecule has 268 valence electrons. The summed E-state index contributed by atoms with van der Waals surface area (Å²) in [5.74, 6) is -5.31. The minimum atomic E-state index is -1.39. The van der Waals surface area contributed by atoms with Crippen LogP contribution in [0.15, 0.2) is 90.5 Å². The average Bonchev–Trinajstić information content (AvgIpc) is 3.52. The smallest absolute Gasteiger partial charge is 0.303 e. The molecule has 6 atom stereocenters. The summed E-state index contributed by atoms with van der Waals surface area (Å²) in [6.45, 7) is 0.204. The molecule has 1 saturated carbocycles. The number of carbonyl (C=O) groups is 5. The number of aromatic hydroxyl groups is 1. The third kappa shape index (κ3) is 5.79. The maximum absolute atomic E-state index is 15.2. The Hall–Kier alpha value is -5.22. The van der Waals surface area contributed by atoms with Gasteiger partial charge >= 0.3 is 5.97 Å². The Morgan fingerprint density at radius 3 is 2.46 bits per heavy atom. The number of phenolic OH excluding ortho intramolecular Hbond substituents is 1. The topological polar surface area (TPSA) is 142 Å². The van der Waals surface area contributed by atoms with Crippen molar-refractivity contribution in [1.82, 2.24) is 4.90 Å². The van der Waals surface area contributed by atoms with Crippen LogP contribution in [0.4, 0.5) is 5.69 Å². The summed E-state index contributed by atoms with van der Waals surface area (Å²) in [6, 6.07) is 20.8. The predicted molar refractivity (Wildman–Crippen MR) is 193 cm³/mol. The lowest BCUT2D eigenvalue weighted by Crippen LogP contribution is -2.54. The van der Waals surface area contributed by atoms with Gasteiger partial charge in [0.1, 0.15) is 0 Å². The number of unbranched alkanes of at least 4 members (excludes halogenated alkanes) is 2. The molecule has 2 saturated heterocycles. The Labute approximate surface area is 306 Å². The van der Waals surface area contributed by atoms with Gasteiger partial charge in [0, 0.05) is 23.9 Å². The highest BCUT2D eigenvalue weighted by Crippen LogP contribution is 2.62. The molecule has 11 heteroatoms. The number of nitrogens with zero attached hydrogens (tertiary/aromatic N) is 2. The van der Waals surface area contributed by atoms with Gasteiger partial charge in [0.05, 0.1) is 36.0 Å². The van der Waals surface area contributed by atoms with E-state index >= 15 is 4.79 Å². The van der Waals surface area contributed by atoms with Crippen molar-refractivity contribution in [2.45, 2.75) is 43.9 Å². The van der Waals surface area contributed by atoms with Crippen LogP contribution in [0, 0.1) is 29.6 Å². The molecule has 52 heavy (non-hydrogen) atoms. The third-order valence-corrected chi connectivity index (χ3v) is 11.5. The van der Waals surface area contributed by atoms with Crippen molar-refractivity contribution in [1.29, 1.82) is 0 Å². The summed E-state index contributed by atoms with van der Waals surface area (Å²) in [6.07, 6.45) is 7.80. The highest BCUT2D eigenvalue weighted by atomic mass is 35.5. The van der Waals surface area contributed by atoms with E-state index in [2.05, 4.69) is 0 Å². The quantitative estimate of drug-likeness (QED) is 0.132. The molecule has 2 aliphatic carbocycles. The first kappa shape index (κ1) is 35.2.